The molecule has 1 aliphatic rings. The van der Waals surface area contributed by atoms with Gasteiger partial charge in [-0.05, 0) is 68.8 Å². The fraction of sp³-hybridized carbons (Fsp3) is 0.258. The number of rotatable bonds is 8. The third-order valence-corrected chi connectivity index (χ3v) is 7.28. The van der Waals surface area contributed by atoms with Crippen molar-refractivity contribution in [2.24, 2.45) is 0 Å². The van der Waals surface area contributed by atoms with Crippen LogP contribution in [0.1, 0.15) is 48.3 Å². The van der Waals surface area contributed by atoms with Crippen molar-refractivity contribution in [3.8, 4) is 22.8 Å². The average Bonchev–Trinajstić information content (AvgIpc) is 3.28. The van der Waals surface area contributed by atoms with Gasteiger partial charge >= 0.3 is 0 Å². The third-order valence-electron chi connectivity index (χ3n) is 7.28. The summed E-state index contributed by atoms with van der Waals surface area (Å²) >= 11 is 0. The highest BCUT2D eigenvalue weighted by Gasteiger charge is 2.39. The molecule has 0 fully saturated rings. The molecule has 5 rings (SSSR count). The molecule has 0 saturated heterocycles. The molecule has 0 amide bonds. The monoisotopic (exact) mass is 512 g/mol. The van der Waals surface area contributed by atoms with Crippen molar-refractivity contribution >= 4 is 16.7 Å². The van der Waals surface area contributed by atoms with Crippen LogP contribution in [-0.2, 0) is 11.0 Å². The van der Waals surface area contributed by atoms with E-state index in [-0.39, 0.29) is 24.4 Å². The van der Waals surface area contributed by atoms with Gasteiger partial charge < -0.3 is 14.6 Å². The van der Waals surface area contributed by atoms with Crippen LogP contribution in [0.3, 0.4) is 0 Å². The second kappa shape index (κ2) is 9.65. The van der Waals surface area contributed by atoms with Crippen molar-refractivity contribution in [2.45, 2.75) is 37.7 Å². The molecule has 2 atom stereocenters. The molecule has 0 aliphatic carbocycles. The van der Waals surface area contributed by atoms with E-state index in [0.717, 1.165) is 10.9 Å². The van der Waals surface area contributed by atoms with Crippen LogP contribution in [-0.4, -0.2) is 34.6 Å². The molecule has 6 nitrogen and oxygen atoms in total. The van der Waals surface area contributed by atoms with Gasteiger partial charge in [0.1, 0.15) is 40.7 Å². The summed E-state index contributed by atoms with van der Waals surface area (Å²) in [4.78, 5) is 22.3. The maximum Gasteiger partial charge on any atom is 0.163 e. The largest absolute Gasteiger partial charge is 0.494 e. The van der Waals surface area contributed by atoms with Crippen LogP contribution in [0.5, 0.6) is 11.5 Å². The molecular formula is C31H29FN2O4. The molecule has 38 heavy (non-hydrogen) atoms. The van der Waals surface area contributed by atoms with Crippen molar-refractivity contribution in [2.75, 3.05) is 13.7 Å². The molecule has 7 heteroatoms. The summed E-state index contributed by atoms with van der Waals surface area (Å²) in [6.07, 6.45) is 3.72. The Morgan fingerprint density at radius 2 is 2.03 bits per heavy atom. The minimum absolute atomic E-state index is 0.0851. The Bertz CT molecular complexity index is 1550. The molecule has 0 saturated carbocycles. The zero-order chi connectivity index (χ0) is 27.1. The normalized spacial score (nSPS) is 17.9. The number of aliphatic hydroxyl groups is 1. The number of hydrogen-bond donors (Lipinski definition) is 1. The Labute approximate surface area is 220 Å². The molecular weight excluding hydrogens is 483 g/mol. The van der Waals surface area contributed by atoms with Gasteiger partial charge in [-0.2, -0.15) is 0 Å². The van der Waals surface area contributed by atoms with E-state index in [2.05, 4.69) is 11.6 Å². The Morgan fingerprint density at radius 3 is 2.74 bits per heavy atom. The number of carbonyl (C=O) groups excluding carboxylic acids is 1. The summed E-state index contributed by atoms with van der Waals surface area (Å²) in [6, 6.07) is 15.0. The maximum atomic E-state index is 13.6. The molecule has 0 radical (unpaired) electrons. The molecule has 2 aromatic carbocycles. The van der Waals surface area contributed by atoms with Gasteiger partial charge in [-0.15, -0.1) is 6.58 Å². The molecule has 0 bridgehead atoms. The van der Waals surface area contributed by atoms with Gasteiger partial charge in [0.2, 0.25) is 0 Å². The molecule has 1 N–H and O–H groups in total. The highest BCUT2D eigenvalue weighted by molar-refractivity contribution is 6.01. The van der Waals surface area contributed by atoms with E-state index in [4.69, 9.17) is 14.5 Å². The number of Topliss-reactive ketones (excluding diaryl/α,β-unsaturated/α-hetero) is 1. The Kier molecular flexibility index (Phi) is 6.49. The number of nitrogens with zero attached hydrogens (tertiary/aromatic N) is 2. The van der Waals surface area contributed by atoms with Gasteiger partial charge in [0, 0.05) is 40.1 Å². The fourth-order valence-electron chi connectivity index (χ4n) is 4.76. The van der Waals surface area contributed by atoms with E-state index < -0.39 is 11.0 Å². The van der Waals surface area contributed by atoms with Gasteiger partial charge in [0.15, 0.2) is 5.78 Å². The van der Waals surface area contributed by atoms with E-state index in [9.17, 15) is 14.3 Å². The zero-order valence-electron chi connectivity index (χ0n) is 21.6. The summed E-state index contributed by atoms with van der Waals surface area (Å²) in [5, 5.41) is 12.4. The highest BCUT2D eigenvalue weighted by Crippen LogP contribution is 2.46. The number of carbonyl (C=O) groups is 1. The lowest BCUT2D eigenvalue weighted by atomic mass is 9.82. The second-order valence-electron chi connectivity index (χ2n) is 10.1. The first-order chi connectivity index (χ1) is 18.1. The van der Waals surface area contributed by atoms with E-state index in [0.29, 0.717) is 46.1 Å². The number of hydrogen-bond acceptors (Lipinski definition) is 6. The maximum absolute atomic E-state index is 13.6. The lowest BCUT2D eigenvalue weighted by molar-refractivity contribution is 0.0397. The smallest absolute Gasteiger partial charge is 0.163 e. The van der Waals surface area contributed by atoms with Crippen LogP contribution in [0, 0.1) is 5.82 Å². The zero-order valence-corrected chi connectivity index (χ0v) is 21.6. The topological polar surface area (TPSA) is 81.5 Å². The highest BCUT2D eigenvalue weighted by atomic mass is 19.1. The van der Waals surface area contributed by atoms with Crippen molar-refractivity contribution < 1.29 is 23.8 Å². The molecule has 1 aliphatic heterocycles. The van der Waals surface area contributed by atoms with E-state index in [1.54, 1.807) is 50.6 Å². The van der Waals surface area contributed by atoms with Gasteiger partial charge in [0.25, 0.3) is 0 Å². The number of benzene rings is 2. The number of methoxy groups -OCH3 is 1. The Balaban J connectivity index is 1.48. The first-order valence-corrected chi connectivity index (χ1v) is 12.4. The summed E-state index contributed by atoms with van der Waals surface area (Å²) in [7, 11) is 1.54. The molecule has 0 unspecified atom stereocenters. The fourth-order valence-corrected chi connectivity index (χ4v) is 4.76. The quantitative estimate of drug-likeness (QED) is 0.225. The second-order valence-corrected chi connectivity index (χ2v) is 10.1. The van der Waals surface area contributed by atoms with E-state index in [1.165, 1.54) is 12.1 Å². The van der Waals surface area contributed by atoms with Crippen molar-refractivity contribution in [3.63, 3.8) is 0 Å². The minimum atomic E-state index is -1.42. The Hall–Kier alpha value is -4.10. The predicted octanol–water partition coefficient (Wildman–Crippen LogP) is 6.15. The Morgan fingerprint density at radius 1 is 1.26 bits per heavy atom. The van der Waals surface area contributed by atoms with Crippen LogP contribution in [0.4, 0.5) is 4.39 Å². The number of ketones is 1. The number of ether oxygens (including phenoxy) is 2. The van der Waals surface area contributed by atoms with Crippen molar-refractivity contribution in [3.05, 3.63) is 96.1 Å². The predicted molar refractivity (Wildman–Crippen MR) is 144 cm³/mol. The average molecular weight is 513 g/mol. The van der Waals surface area contributed by atoms with Crippen LogP contribution in [0.15, 0.2) is 73.4 Å². The summed E-state index contributed by atoms with van der Waals surface area (Å²) in [5.41, 5.74) is 1.69. The van der Waals surface area contributed by atoms with Crippen LogP contribution in [0.2, 0.25) is 0 Å². The first-order valence-electron chi connectivity index (χ1n) is 12.4. The van der Waals surface area contributed by atoms with Crippen LogP contribution >= 0.6 is 0 Å². The number of pyridine rings is 2. The molecule has 2 aromatic heterocycles. The first kappa shape index (κ1) is 25.5. The van der Waals surface area contributed by atoms with Crippen molar-refractivity contribution in [1.29, 1.82) is 0 Å². The molecule has 4 aromatic rings. The van der Waals surface area contributed by atoms with Crippen LogP contribution < -0.4 is 9.47 Å². The van der Waals surface area contributed by atoms with Gasteiger partial charge in [-0.3, -0.25) is 9.78 Å². The SMILES string of the molecule is C=C[C@@]1(C)COc2c1cc([C@@](C)(O)CCC(=O)c1cc(OC)c3ncccc3c1)nc2-c1ccc(F)cc1. The molecule has 194 valence electrons. The minimum Gasteiger partial charge on any atom is -0.494 e. The van der Waals surface area contributed by atoms with Gasteiger partial charge in [0.05, 0.1) is 12.8 Å². The molecule has 3 heterocycles. The van der Waals surface area contributed by atoms with Gasteiger partial charge in [-0.25, -0.2) is 9.37 Å². The lowest BCUT2D eigenvalue weighted by Crippen LogP contribution is -2.26. The standard InChI is InChI=1S/C31H29FN2O4/c1-5-30(2)18-38-29-23(30)17-26(34-28(29)19-8-10-22(32)11-9-19)31(3,36)13-12-24(35)21-15-20-7-6-14-33-27(20)25(16-21)37-4/h5-11,14-17,36H,1,12-13,18H2,2-4H3/t30-,31-/m0/s1. The summed E-state index contributed by atoms with van der Waals surface area (Å²) < 4.78 is 25.1. The van der Waals surface area contributed by atoms with E-state index in [1.807, 2.05) is 25.1 Å². The van der Waals surface area contributed by atoms with Crippen molar-refractivity contribution in [1.82, 2.24) is 9.97 Å². The lowest BCUT2D eigenvalue weighted by Gasteiger charge is -2.26. The number of fused-ring (bicyclic) bond motifs is 2. The number of halogens is 1. The number of aromatic nitrogens is 2. The van der Waals surface area contributed by atoms with Crippen LogP contribution in [0.25, 0.3) is 22.2 Å². The molecule has 0 spiro atoms. The summed E-state index contributed by atoms with van der Waals surface area (Å²) in [6.45, 7) is 8.01. The van der Waals surface area contributed by atoms with E-state index >= 15 is 0 Å². The summed E-state index contributed by atoms with van der Waals surface area (Å²) in [5.74, 6) is 0.621. The third kappa shape index (κ3) is 4.54. The van der Waals surface area contributed by atoms with Gasteiger partial charge in [-0.1, -0.05) is 12.1 Å².